The third kappa shape index (κ3) is 2.42. The average molecular weight is 394 g/mol. The SMILES string of the molecule is COc1ccc(CC(B2c3ccccc32)(B2c3ccccc32)B2c3ccccc32)cc1. The van der Waals surface area contributed by atoms with Crippen LogP contribution in [0.15, 0.2) is 97.1 Å². The fraction of sp³-hybridized carbons (Fsp3) is 0.111. The molecule has 0 amide bonds. The van der Waals surface area contributed by atoms with E-state index in [0.717, 1.165) is 12.2 Å². The van der Waals surface area contributed by atoms with Gasteiger partial charge in [0.15, 0.2) is 0 Å². The van der Waals surface area contributed by atoms with Gasteiger partial charge in [-0.05, 0) is 24.1 Å². The minimum absolute atomic E-state index is 0.117. The normalized spacial score (nSPS) is 14.5. The largest absolute Gasteiger partial charge is 0.497 e. The van der Waals surface area contributed by atoms with E-state index in [-0.39, 0.29) is 5.11 Å². The summed E-state index contributed by atoms with van der Waals surface area (Å²) in [6, 6.07) is 36.1. The van der Waals surface area contributed by atoms with Crippen molar-refractivity contribution in [3.63, 3.8) is 0 Å². The van der Waals surface area contributed by atoms with Gasteiger partial charge < -0.3 is 4.74 Å². The number of ether oxygens (including phenoxy) is 1. The molecule has 3 aliphatic rings. The quantitative estimate of drug-likeness (QED) is 0.443. The molecular weight excluding hydrogens is 373 g/mol. The summed E-state index contributed by atoms with van der Waals surface area (Å²) < 4.78 is 5.43. The van der Waals surface area contributed by atoms with Crippen molar-refractivity contribution in [2.24, 2.45) is 0 Å². The highest BCUT2D eigenvalue weighted by Crippen LogP contribution is 2.47. The Morgan fingerprint density at radius 2 is 0.903 bits per heavy atom. The van der Waals surface area contributed by atoms with Gasteiger partial charge in [0.1, 0.15) is 5.75 Å². The van der Waals surface area contributed by atoms with E-state index >= 15 is 0 Å². The van der Waals surface area contributed by atoms with Crippen LogP contribution in [0.25, 0.3) is 0 Å². The Morgan fingerprint density at radius 3 is 1.23 bits per heavy atom. The third-order valence-corrected chi connectivity index (χ3v) is 7.89. The lowest BCUT2D eigenvalue weighted by Gasteiger charge is -2.33. The number of hydrogen-bond donors (Lipinski definition) is 0. The van der Waals surface area contributed by atoms with Crippen LogP contribution in [0.5, 0.6) is 5.75 Å². The van der Waals surface area contributed by atoms with Crippen molar-refractivity contribution in [1.82, 2.24) is 0 Å². The van der Waals surface area contributed by atoms with Crippen LogP contribution < -0.4 is 37.5 Å². The molecule has 7 rings (SSSR count). The lowest BCUT2D eigenvalue weighted by Crippen LogP contribution is -2.52. The van der Waals surface area contributed by atoms with Crippen molar-refractivity contribution in [2.75, 3.05) is 7.11 Å². The summed E-state index contributed by atoms with van der Waals surface area (Å²) in [5.74, 6) is 0.925. The Kier molecular flexibility index (Phi) is 3.51. The molecule has 0 bridgehead atoms. The van der Waals surface area contributed by atoms with Gasteiger partial charge in [-0.15, -0.1) is 0 Å². The molecule has 0 radical (unpaired) electrons. The van der Waals surface area contributed by atoms with E-state index in [2.05, 4.69) is 97.1 Å². The molecule has 4 heteroatoms. The number of hydrogen-bond acceptors (Lipinski definition) is 1. The highest BCUT2D eigenvalue weighted by Gasteiger charge is 2.70. The van der Waals surface area contributed by atoms with E-state index in [0.29, 0.717) is 20.1 Å². The molecule has 3 aliphatic heterocycles. The van der Waals surface area contributed by atoms with E-state index in [4.69, 9.17) is 4.74 Å². The second-order valence-electron chi connectivity index (χ2n) is 9.32. The van der Waals surface area contributed by atoms with Gasteiger partial charge in [0.05, 0.1) is 7.11 Å². The summed E-state index contributed by atoms with van der Waals surface area (Å²) in [5, 5.41) is 0.117. The standard InChI is InChI=1S/C27H21B3O/c1-31-20-16-14-19(15-17-20)18-27(28-21-8-2-3-9-22(21)28,29-23-10-4-5-11-24(23)29)30-25-12-6-7-13-26(25)30/h2-17H,18H2,1H3. The summed E-state index contributed by atoms with van der Waals surface area (Å²) in [6.07, 6.45) is 1.06. The second kappa shape index (κ2) is 6.20. The van der Waals surface area contributed by atoms with E-state index < -0.39 is 0 Å². The molecule has 0 saturated carbocycles. The van der Waals surface area contributed by atoms with E-state index in [1.54, 1.807) is 39.9 Å². The lowest BCUT2D eigenvalue weighted by atomic mass is 9.07. The molecule has 0 unspecified atom stereocenters. The Morgan fingerprint density at radius 1 is 0.548 bits per heavy atom. The van der Waals surface area contributed by atoms with Crippen molar-refractivity contribution in [1.29, 1.82) is 0 Å². The molecular formula is C27H21B3O. The molecule has 0 spiro atoms. The van der Waals surface area contributed by atoms with Crippen LogP contribution in [0.1, 0.15) is 5.56 Å². The first-order valence-corrected chi connectivity index (χ1v) is 11.2. The lowest BCUT2D eigenvalue weighted by molar-refractivity contribution is 0.414. The van der Waals surface area contributed by atoms with Gasteiger partial charge >= 0.3 is 0 Å². The maximum absolute atomic E-state index is 5.43. The highest BCUT2D eigenvalue weighted by atomic mass is 16.5. The Balaban J connectivity index is 1.40. The topological polar surface area (TPSA) is 9.23 Å². The maximum atomic E-state index is 5.43. The first-order chi connectivity index (χ1) is 15.3. The minimum Gasteiger partial charge on any atom is -0.497 e. The summed E-state index contributed by atoms with van der Waals surface area (Å²) in [4.78, 5) is 0. The van der Waals surface area contributed by atoms with Gasteiger partial charge in [0.2, 0.25) is 20.1 Å². The van der Waals surface area contributed by atoms with Crippen LogP contribution in [-0.2, 0) is 6.42 Å². The van der Waals surface area contributed by atoms with E-state index in [9.17, 15) is 0 Å². The van der Waals surface area contributed by atoms with Crippen LogP contribution in [0.4, 0.5) is 0 Å². The Hall–Kier alpha value is -3.13. The number of fused-ring (bicyclic) bond motifs is 3. The van der Waals surface area contributed by atoms with Crippen molar-refractivity contribution < 1.29 is 4.74 Å². The molecule has 31 heavy (non-hydrogen) atoms. The summed E-state index contributed by atoms with van der Waals surface area (Å²) in [6.45, 7) is 1.54. The van der Waals surface area contributed by atoms with Gasteiger partial charge in [-0.25, -0.2) is 0 Å². The smallest absolute Gasteiger partial charge is 0.201 e. The molecule has 1 nitrogen and oxygen atoms in total. The van der Waals surface area contributed by atoms with Gasteiger partial charge in [0.25, 0.3) is 0 Å². The predicted molar refractivity (Wildman–Crippen MR) is 134 cm³/mol. The molecule has 0 atom stereocenters. The molecule has 3 heterocycles. The molecule has 0 aromatic heterocycles. The molecule has 0 aliphatic carbocycles. The van der Waals surface area contributed by atoms with Crippen molar-refractivity contribution in [2.45, 2.75) is 11.5 Å². The zero-order valence-electron chi connectivity index (χ0n) is 17.6. The number of rotatable bonds is 6. The zero-order chi connectivity index (χ0) is 20.6. The van der Waals surface area contributed by atoms with Gasteiger partial charge in [0, 0.05) is 0 Å². The van der Waals surface area contributed by atoms with Crippen LogP contribution >= 0.6 is 0 Å². The van der Waals surface area contributed by atoms with Crippen LogP contribution in [-0.4, -0.2) is 27.2 Å². The average Bonchev–Trinajstić information content (AvgIpc) is 3.73. The highest BCUT2D eigenvalue weighted by molar-refractivity contribution is 7.32. The molecule has 0 fully saturated rings. The fourth-order valence-corrected chi connectivity index (χ4v) is 6.52. The van der Waals surface area contributed by atoms with Gasteiger partial charge in [-0.1, -0.05) is 123 Å². The maximum Gasteiger partial charge on any atom is 0.201 e. The number of methoxy groups -OCH3 is 1. The Labute approximate surface area is 184 Å². The molecule has 4 aromatic carbocycles. The van der Waals surface area contributed by atoms with Crippen molar-refractivity contribution in [3.8, 4) is 5.75 Å². The Bertz CT molecular complexity index is 1140. The first kappa shape index (κ1) is 17.5. The first-order valence-electron chi connectivity index (χ1n) is 11.2. The predicted octanol–water partition coefficient (Wildman–Crippen LogP) is 0.924. The van der Waals surface area contributed by atoms with Crippen molar-refractivity contribution in [3.05, 3.63) is 103 Å². The third-order valence-electron chi connectivity index (χ3n) is 7.89. The fourth-order valence-electron chi connectivity index (χ4n) is 6.52. The summed E-state index contributed by atoms with van der Waals surface area (Å²) in [7, 11) is 1.74. The van der Waals surface area contributed by atoms with Crippen LogP contribution in [0, 0.1) is 0 Å². The molecule has 4 aromatic rings. The number of benzene rings is 4. The molecule has 0 saturated heterocycles. The summed E-state index contributed by atoms with van der Waals surface area (Å²) in [5.41, 5.74) is 10.7. The van der Waals surface area contributed by atoms with Crippen LogP contribution in [0.2, 0.25) is 5.11 Å². The molecule has 0 N–H and O–H groups in total. The van der Waals surface area contributed by atoms with E-state index in [1.165, 1.54) is 5.56 Å². The van der Waals surface area contributed by atoms with Gasteiger partial charge in [-0.3, -0.25) is 0 Å². The zero-order valence-corrected chi connectivity index (χ0v) is 17.6. The monoisotopic (exact) mass is 394 g/mol. The summed E-state index contributed by atoms with van der Waals surface area (Å²) >= 11 is 0. The van der Waals surface area contributed by atoms with E-state index in [1.807, 2.05) is 0 Å². The van der Waals surface area contributed by atoms with Crippen LogP contribution in [0.3, 0.4) is 0 Å². The molecule has 144 valence electrons. The second-order valence-corrected chi connectivity index (χ2v) is 9.32. The minimum atomic E-state index is 0.117. The van der Waals surface area contributed by atoms with Crippen molar-refractivity contribution >= 4 is 52.9 Å². The van der Waals surface area contributed by atoms with Gasteiger partial charge in [-0.2, -0.15) is 0 Å².